The monoisotopic (exact) mass is 358 g/mol. The third-order valence-corrected chi connectivity index (χ3v) is 3.55. The molecule has 0 radical (unpaired) electrons. The lowest BCUT2D eigenvalue weighted by atomic mass is 10.2. The molecular weight excluding hydrogens is 348 g/mol. The fraction of sp³-hybridized carbons (Fsp3) is 0.0588. The van der Waals surface area contributed by atoms with Crippen molar-refractivity contribution in [2.45, 2.75) is 6.61 Å². The van der Waals surface area contributed by atoms with E-state index in [1.807, 2.05) is 0 Å². The quantitative estimate of drug-likeness (QED) is 0.384. The first-order valence-corrected chi connectivity index (χ1v) is 7.53. The summed E-state index contributed by atoms with van der Waals surface area (Å²) in [5.74, 6) is 0.0248. The molecule has 0 spiro atoms. The molecule has 8 heteroatoms. The Morgan fingerprint density at radius 1 is 1.24 bits per heavy atom. The Balaban J connectivity index is 1.66. The van der Waals surface area contributed by atoms with Gasteiger partial charge in [0.25, 0.3) is 5.69 Å². The maximum atomic E-state index is 12.0. The second-order valence-electron chi connectivity index (χ2n) is 5.01. The summed E-state index contributed by atoms with van der Waals surface area (Å²) in [5.41, 5.74) is 0.683. The molecule has 0 atom stereocenters. The number of halogens is 1. The first-order valence-electron chi connectivity index (χ1n) is 7.15. The Hall–Kier alpha value is -3.19. The number of hydrogen-bond donors (Lipinski definition) is 0. The van der Waals surface area contributed by atoms with E-state index < -0.39 is 10.9 Å². The summed E-state index contributed by atoms with van der Waals surface area (Å²) in [6.45, 7) is -0.185. The molecule has 0 unspecified atom stereocenters. The van der Waals surface area contributed by atoms with Crippen LogP contribution in [-0.4, -0.2) is 15.9 Å². The van der Waals surface area contributed by atoms with Gasteiger partial charge in [-0.05, 0) is 30.3 Å². The van der Waals surface area contributed by atoms with Gasteiger partial charge in [-0.25, -0.2) is 9.78 Å². The number of benzene rings is 2. The van der Waals surface area contributed by atoms with Gasteiger partial charge in [-0.15, -0.1) is 0 Å². The summed E-state index contributed by atoms with van der Waals surface area (Å²) in [6, 6.07) is 12.3. The number of non-ortho nitro benzene ring substituents is 1. The zero-order valence-corrected chi connectivity index (χ0v) is 13.5. The standard InChI is InChI=1S/C17H11ClN2O5/c18-13-6-4-11(5-7-13)15-9-19-16(25-15)10-24-17(21)12-2-1-3-14(8-12)20(22)23/h1-9H,10H2. The number of oxazole rings is 1. The molecule has 0 fully saturated rings. The molecule has 0 N–H and O–H groups in total. The minimum atomic E-state index is -0.699. The lowest BCUT2D eigenvalue weighted by Gasteiger charge is -2.02. The van der Waals surface area contributed by atoms with Crippen LogP contribution in [0, 0.1) is 10.1 Å². The molecule has 0 aliphatic rings. The summed E-state index contributed by atoms with van der Waals surface area (Å²) in [4.78, 5) is 26.2. The van der Waals surface area contributed by atoms with E-state index >= 15 is 0 Å². The van der Waals surface area contributed by atoms with Crippen LogP contribution in [0.1, 0.15) is 16.2 Å². The second-order valence-corrected chi connectivity index (χ2v) is 5.45. The van der Waals surface area contributed by atoms with Crippen molar-refractivity contribution < 1.29 is 18.9 Å². The van der Waals surface area contributed by atoms with Crippen molar-refractivity contribution in [1.29, 1.82) is 0 Å². The lowest BCUT2D eigenvalue weighted by Crippen LogP contribution is -2.05. The Bertz CT molecular complexity index is 921. The van der Waals surface area contributed by atoms with E-state index in [4.69, 9.17) is 20.8 Å². The van der Waals surface area contributed by atoms with Crippen LogP contribution >= 0.6 is 11.6 Å². The van der Waals surface area contributed by atoms with E-state index in [2.05, 4.69) is 4.98 Å². The first kappa shape index (κ1) is 16.7. The first-order chi connectivity index (χ1) is 12.0. The molecule has 126 valence electrons. The molecule has 3 rings (SSSR count). The number of nitro groups is 1. The molecule has 7 nitrogen and oxygen atoms in total. The Kier molecular flexibility index (Phi) is 4.76. The van der Waals surface area contributed by atoms with Gasteiger partial charge >= 0.3 is 5.97 Å². The molecule has 0 aliphatic carbocycles. The van der Waals surface area contributed by atoms with Crippen molar-refractivity contribution in [3.05, 3.63) is 81.3 Å². The fourth-order valence-corrected chi connectivity index (χ4v) is 2.21. The normalized spacial score (nSPS) is 10.4. The van der Waals surface area contributed by atoms with Crippen LogP contribution in [0.5, 0.6) is 0 Å². The van der Waals surface area contributed by atoms with E-state index in [1.165, 1.54) is 24.4 Å². The third kappa shape index (κ3) is 4.02. The van der Waals surface area contributed by atoms with Gasteiger partial charge in [-0.1, -0.05) is 17.7 Å². The molecule has 25 heavy (non-hydrogen) atoms. The predicted octanol–water partition coefficient (Wildman–Crippen LogP) is 4.26. The zero-order chi connectivity index (χ0) is 17.8. The third-order valence-electron chi connectivity index (χ3n) is 3.30. The molecule has 3 aromatic rings. The molecule has 0 saturated heterocycles. The Morgan fingerprint density at radius 2 is 2.00 bits per heavy atom. The number of hydrogen-bond acceptors (Lipinski definition) is 6. The molecule has 1 aromatic heterocycles. The zero-order valence-electron chi connectivity index (χ0n) is 12.7. The highest BCUT2D eigenvalue weighted by Gasteiger charge is 2.14. The van der Waals surface area contributed by atoms with Gasteiger partial charge in [-0.2, -0.15) is 0 Å². The van der Waals surface area contributed by atoms with E-state index in [9.17, 15) is 14.9 Å². The van der Waals surface area contributed by atoms with Crippen molar-refractivity contribution in [2.75, 3.05) is 0 Å². The van der Waals surface area contributed by atoms with Crippen LogP contribution < -0.4 is 0 Å². The number of esters is 1. The van der Waals surface area contributed by atoms with Crippen LogP contribution in [0.4, 0.5) is 5.69 Å². The summed E-state index contributed by atoms with van der Waals surface area (Å²) >= 11 is 5.83. The van der Waals surface area contributed by atoms with E-state index in [1.54, 1.807) is 24.3 Å². The van der Waals surface area contributed by atoms with E-state index in [0.717, 1.165) is 11.6 Å². The van der Waals surface area contributed by atoms with Crippen molar-refractivity contribution in [2.24, 2.45) is 0 Å². The van der Waals surface area contributed by atoms with Gasteiger partial charge in [0, 0.05) is 22.7 Å². The van der Waals surface area contributed by atoms with Gasteiger partial charge in [-0.3, -0.25) is 10.1 Å². The number of carbonyl (C=O) groups is 1. The minimum absolute atomic E-state index is 0.0821. The number of carbonyl (C=O) groups excluding carboxylic acids is 1. The molecule has 0 saturated carbocycles. The fourth-order valence-electron chi connectivity index (χ4n) is 2.08. The summed E-state index contributed by atoms with van der Waals surface area (Å²) in [5, 5.41) is 11.3. The van der Waals surface area contributed by atoms with Crippen LogP contribution in [0.15, 0.2) is 59.1 Å². The molecular formula is C17H11ClN2O5. The topological polar surface area (TPSA) is 95.5 Å². The van der Waals surface area contributed by atoms with Crippen LogP contribution in [0.25, 0.3) is 11.3 Å². The number of nitro benzene ring substituents is 1. The summed E-state index contributed by atoms with van der Waals surface area (Å²) in [7, 11) is 0. The Labute approximate surface area is 147 Å². The van der Waals surface area contributed by atoms with E-state index in [-0.39, 0.29) is 23.7 Å². The van der Waals surface area contributed by atoms with Crippen molar-refractivity contribution in [1.82, 2.24) is 4.98 Å². The molecule has 1 heterocycles. The van der Waals surface area contributed by atoms with Gasteiger partial charge in [0.15, 0.2) is 12.4 Å². The number of aromatic nitrogens is 1. The average molecular weight is 359 g/mol. The van der Waals surface area contributed by atoms with Gasteiger partial charge < -0.3 is 9.15 Å². The largest absolute Gasteiger partial charge is 0.452 e. The van der Waals surface area contributed by atoms with Gasteiger partial charge in [0.1, 0.15) is 0 Å². The number of nitrogens with zero attached hydrogens (tertiary/aromatic N) is 2. The van der Waals surface area contributed by atoms with Crippen LogP contribution in [0.2, 0.25) is 5.02 Å². The smallest absolute Gasteiger partial charge is 0.338 e. The predicted molar refractivity (Wildman–Crippen MR) is 89.2 cm³/mol. The molecule has 2 aromatic carbocycles. The molecule has 0 amide bonds. The maximum Gasteiger partial charge on any atom is 0.338 e. The summed E-state index contributed by atoms with van der Waals surface area (Å²) in [6.07, 6.45) is 1.51. The minimum Gasteiger partial charge on any atom is -0.452 e. The Morgan fingerprint density at radius 3 is 2.72 bits per heavy atom. The highest BCUT2D eigenvalue weighted by Crippen LogP contribution is 2.22. The summed E-state index contributed by atoms with van der Waals surface area (Å²) < 4.78 is 10.6. The number of rotatable bonds is 5. The lowest BCUT2D eigenvalue weighted by molar-refractivity contribution is -0.384. The second kappa shape index (κ2) is 7.14. The van der Waals surface area contributed by atoms with Crippen LogP contribution in [-0.2, 0) is 11.3 Å². The van der Waals surface area contributed by atoms with Crippen molar-refractivity contribution in [3.63, 3.8) is 0 Å². The highest BCUT2D eigenvalue weighted by atomic mass is 35.5. The molecule has 0 aliphatic heterocycles. The maximum absolute atomic E-state index is 12.0. The SMILES string of the molecule is O=C(OCc1ncc(-c2ccc(Cl)cc2)o1)c1cccc([N+](=O)[O-])c1. The number of ether oxygens (including phenoxy) is 1. The highest BCUT2D eigenvalue weighted by molar-refractivity contribution is 6.30. The molecule has 0 bridgehead atoms. The van der Waals surface area contributed by atoms with Crippen LogP contribution in [0.3, 0.4) is 0 Å². The van der Waals surface area contributed by atoms with Crippen molar-refractivity contribution >= 4 is 23.3 Å². The van der Waals surface area contributed by atoms with E-state index in [0.29, 0.717) is 10.8 Å². The van der Waals surface area contributed by atoms with Crippen molar-refractivity contribution in [3.8, 4) is 11.3 Å². The van der Waals surface area contributed by atoms with Gasteiger partial charge in [0.2, 0.25) is 5.89 Å². The van der Waals surface area contributed by atoms with Gasteiger partial charge in [0.05, 0.1) is 16.7 Å². The average Bonchev–Trinajstić information content (AvgIpc) is 3.09.